The summed E-state index contributed by atoms with van der Waals surface area (Å²) in [5.74, 6) is 0.507. The molecule has 1 rings (SSSR count). The molecule has 0 aromatic carbocycles. The number of likely N-dealkylation sites (N-methyl/N-ethyl adjacent to an activating group) is 1. The summed E-state index contributed by atoms with van der Waals surface area (Å²) in [6.07, 6.45) is 0.906. The Bertz CT molecular complexity index is 363. The number of hydrogen-bond acceptors (Lipinski definition) is 5. The monoisotopic (exact) mass is 251 g/mol. The zero-order valence-electron chi connectivity index (χ0n) is 11.2. The van der Waals surface area contributed by atoms with E-state index in [0.717, 1.165) is 19.5 Å². The molecule has 0 aliphatic heterocycles. The number of carbonyl (C=O) groups excluding carboxylic acids is 1. The summed E-state index contributed by atoms with van der Waals surface area (Å²) in [7, 11) is 4.02. The van der Waals surface area contributed by atoms with E-state index in [4.69, 9.17) is 0 Å². The van der Waals surface area contributed by atoms with Crippen LogP contribution in [0.2, 0.25) is 0 Å². The Kier molecular flexibility index (Phi) is 6.07. The minimum atomic E-state index is -0.177. The van der Waals surface area contributed by atoms with Crippen molar-refractivity contribution in [2.24, 2.45) is 0 Å². The molecular formula is C12H21N5O. The Morgan fingerprint density at radius 1 is 1.28 bits per heavy atom. The molecule has 18 heavy (non-hydrogen) atoms. The molecule has 6 heteroatoms. The van der Waals surface area contributed by atoms with E-state index in [2.05, 4.69) is 25.7 Å². The number of aromatic nitrogens is 2. The third-order valence-corrected chi connectivity index (χ3v) is 2.30. The van der Waals surface area contributed by atoms with Crippen LogP contribution in [-0.4, -0.2) is 54.7 Å². The number of anilines is 1. The highest BCUT2D eigenvalue weighted by molar-refractivity contribution is 5.92. The molecule has 0 aliphatic rings. The maximum absolute atomic E-state index is 11.6. The third kappa shape index (κ3) is 5.09. The molecule has 1 heterocycles. The van der Waals surface area contributed by atoms with Gasteiger partial charge in [-0.05, 0) is 32.6 Å². The Balaban J connectivity index is 2.44. The Hall–Kier alpha value is -1.69. The second kappa shape index (κ2) is 7.60. The molecule has 1 aromatic rings. The van der Waals surface area contributed by atoms with Gasteiger partial charge in [0.1, 0.15) is 5.82 Å². The zero-order chi connectivity index (χ0) is 13.4. The summed E-state index contributed by atoms with van der Waals surface area (Å²) in [6.45, 7) is 4.37. The van der Waals surface area contributed by atoms with E-state index in [-0.39, 0.29) is 5.91 Å². The first-order valence-electron chi connectivity index (χ1n) is 6.14. The topological polar surface area (TPSA) is 70.2 Å². The van der Waals surface area contributed by atoms with Crippen molar-refractivity contribution in [1.29, 1.82) is 0 Å². The van der Waals surface area contributed by atoms with Crippen LogP contribution in [0.4, 0.5) is 5.82 Å². The van der Waals surface area contributed by atoms with Gasteiger partial charge < -0.3 is 15.5 Å². The predicted octanol–water partition coefficient (Wildman–Crippen LogP) is 0.590. The Morgan fingerprint density at radius 3 is 2.61 bits per heavy atom. The number of amides is 1. The van der Waals surface area contributed by atoms with Crippen LogP contribution in [0.5, 0.6) is 0 Å². The van der Waals surface area contributed by atoms with Gasteiger partial charge in [0.2, 0.25) is 0 Å². The largest absolute Gasteiger partial charge is 0.367 e. The lowest BCUT2D eigenvalue weighted by Gasteiger charge is -2.10. The minimum absolute atomic E-state index is 0.177. The first kappa shape index (κ1) is 14.4. The van der Waals surface area contributed by atoms with Crippen LogP contribution in [0.25, 0.3) is 0 Å². The van der Waals surface area contributed by atoms with Gasteiger partial charge in [0.25, 0.3) is 5.91 Å². The van der Waals surface area contributed by atoms with E-state index >= 15 is 0 Å². The number of carbonyl (C=O) groups is 1. The van der Waals surface area contributed by atoms with E-state index in [9.17, 15) is 4.79 Å². The fourth-order valence-electron chi connectivity index (χ4n) is 1.28. The average Bonchev–Trinajstić information content (AvgIpc) is 2.36. The lowest BCUT2D eigenvalue weighted by molar-refractivity contribution is 0.0947. The van der Waals surface area contributed by atoms with E-state index in [1.54, 1.807) is 12.1 Å². The molecule has 2 N–H and O–H groups in total. The van der Waals surface area contributed by atoms with Crippen LogP contribution in [0.15, 0.2) is 12.1 Å². The maximum atomic E-state index is 11.6. The fourth-order valence-corrected chi connectivity index (χ4v) is 1.28. The standard InChI is InChI=1S/C12H21N5O/c1-4-7-14-12(18)10-5-6-11(16-15-10)13-8-9-17(2)3/h5-6H,4,7-9H2,1-3H3,(H,13,16)(H,14,18). The second-order valence-corrected chi connectivity index (χ2v) is 4.29. The SMILES string of the molecule is CCCNC(=O)c1ccc(NCCN(C)C)nn1. The summed E-state index contributed by atoms with van der Waals surface area (Å²) in [6, 6.07) is 3.44. The van der Waals surface area contributed by atoms with E-state index < -0.39 is 0 Å². The van der Waals surface area contributed by atoms with Gasteiger partial charge in [-0.1, -0.05) is 6.92 Å². The Morgan fingerprint density at radius 2 is 2.06 bits per heavy atom. The predicted molar refractivity (Wildman–Crippen MR) is 71.7 cm³/mol. The number of hydrogen-bond donors (Lipinski definition) is 2. The minimum Gasteiger partial charge on any atom is -0.367 e. The molecule has 0 bridgehead atoms. The van der Waals surface area contributed by atoms with Crippen LogP contribution in [-0.2, 0) is 0 Å². The highest BCUT2D eigenvalue weighted by Crippen LogP contribution is 2.01. The summed E-state index contributed by atoms with van der Waals surface area (Å²) >= 11 is 0. The Labute approximate surface area is 108 Å². The molecule has 0 unspecified atom stereocenters. The second-order valence-electron chi connectivity index (χ2n) is 4.29. The molecule has 100 valence electrons. The lowest BCUT2D eigenvalue weighted by atomic mass is 10.3. The van der Waals surface area contributed by atoms with Crippen molar-refractivity contribution in [3.8, 4) is 0 Å². The van der Waals surface area contributed by atoms with E-state index in [1.165, 1.54) is 0 Å². The molecule has 0 aliphatic carbocycles. The molecule has 0 spiro atoms. The van der Waals surface area contributed by atoms with Crippen molar-refractivity contribution in [3.05, 3.63) is 17.8 Å². The van der Waals surface area contributed by atoms with Gasteiger partial charge in [0, 0.05) is 19.6 Å². The van der Waals surface area contributed by atoms with Crippen LogP contribution >= 0.6 is 0 Å². The van der Waals surface area contributed by atoms with Crippen molar-refractivity contribution in [3.63, 3.8) is 0 Å². The highest BCUT2D eigenvalue weighted by atomic mass is 16.1. The normalized spacial score (nSPS) is 10.4. The first-order valence-corrected chi connectivity index (χ1v) is 6.14. The molecule has 0 saturated heterocycles. The lowest BCUT2D eigenvalue weighted by Crippen LogP contribution is -2.25. The highest BCUT2D eigenvalue weighted by Gasteiger charge is 2.06. The van der Waals surface area contributed by atoms with Crippen molar-refractivity contribution in [1.82, 2.24) is 20.4 Å². The molecule has 0 saturated carbocycles. The molecule has 1 aromatic heterocycles. The van der Waals surface area contributed by atoms with Crippen LogP contribution in [0, 0.1) is 0 Å². The first-order chi connectivity index (χ1) is 8.63. The fraction of sp³-hybridized carbons (Fsp3) is 0.583. The zero-order valence-corrected chi connectivity index (χ0v) is 11.2. The molecule has 0 radical (unpaired) electrons. The number of nitrogens with one attached hydrogen (secondary N) is 2. The van der Waals surface area contributed by atoms with Gasteiger partial charge in [0.15, 0.2) is 5.69 Å². The molecule has 6 nitrogen and oxygen atoms in total. The molecular weight excluding hydrogens is 230 g/mol. The number of rotatable bonds is 7. The summed E-state index contributed by atoms with van der Waals surface area (Å²) in [5.41, 5.74) is 0.349. The van der Waals surface area contributed by atoms with Gasteiger partial charge in [-0.2, -0.15) is 0 Å². The molecule has 0 fully saturated rings. The third-order valence-electron chi connectivity index (χ3n) is 2.30. The maximum Gasteiger partial charge on any atom is 0.271 e. The van der Waals surface area contributed by atoms with Gasteiger partial charge in [-0.3, -0.25) is 4.79 Å². The quantitative estimate of drug-likeness (QED) is 0.742. The van der Waals surface area contributed by atoms with Gasteiger partial charge >= 0.3 is 0 Å². The van der Waals surface area contributed by atoms with E-state index in [0.29, 0.717) is 18.1 Å². The van der Waals surface area contributed by atoms with Gasteiger partial charge in [-0.25, -0.2) is 0 Å². The smallest absolute Gasteiger partial charge is 0.271 e. The molecule has 0 atom stereocenters. The number of nitrogens with zero attached hydrogens (tertiary/aromatic N) is 3. The van der Waals surface area contributed by atoms with Crippen molar-refractivity contribution >= 4 is 11.7 Å². The summed E-state index contributed by atoms with van der Waals surface area (Å²) in [5, 5.41) is 13.8. The van der Waals surface area contributed by atoms with Gasteiger partial charge in [0.05, 0.1) is 0 Å². The van der Waals surface area contributed by atoms with Crippen molar-refractivity contribution in [2.75, 3.05) is 39.0 Å². The summed E-state index contributed by atoms with van der Waals surface area (Å²) in [4.78, 5) is 13.7. The molecule has 1 amide bonds. The van der Waals surface area contributed by atoms with Crippen molar-refractivity contribution < 1.29 is 4.79 Å². The summed E-state index contributed by atoms with van der Waals surface area (Å²) < 4.78 is 0. The average molecular weight is 251 g/mol. The van der Waals surface area contributed by atoms with Gasteiger partial charge in [-0.15, -0.1) is 10.2 Å². The van der Waals surface area contributed by atoms with Crippen LogP contribution in [0.1, 0.15) is 23.8 Å². The van der Waals surface area contributed by atoms with Crippen LogP contribution < -0.4 is 10.6 Å². The van der Waals surface area contributed by atoms with Crippen molar-refractivity contribution in [2.45, 2.75) is 13.3 Å². The van der Waals surface area contributed by atoms with E-state index in [1.807, 2.05) is 21.0 Å². The van der Waals surface area contributed by atoms with Crippen LogP contribution in [0.3, 0.4) is 0 Å².